The molecule has 0 bridgehead atoms. The zero-order valence-corrected chi connectivity index (χ0v) is 41.3. The highest BCUT2D eigenvalue weighted by molar-refractivity contribution is 7.47. The minimum atomic E-state index is -5.05. The van der Waals surface area contributed by atoms with Crippen LogP contribution in [0.15, 0.2) is 97.2 Å². The normalized spacial score (nSPS) is 22.2. The van der Waals surface area contributed by atoms with E-state index in [4.69, 9.17) is 18.5 Å². The van der Waals surface area contributed by atoms with E-state index in [2.05, 4.69) is 111 Å². The van der Waals surface area contributed by atoms with Crippen LogP contribution in [-0.4, -0.2) is 98.9 Å². The third kappa shape index (κ3) is 33.7. The van der Waals surface area contributed by atoms with E-state index in [-0.39, 0.29) is 13.0 Å². The molecule has 6 atom stereocenters. The zero-order chi connectivity index (χ0) is 48.4. The van der Waals surface area contributed by atoms with Crippen LogP contribution in [-0.2, 0) is 27.9 Å². The molecule has 1 aliphatic rings. The zero-order valence-electron chi connectivity index (χ0n) is 40.5. The van der Waals surface area contributed by atoms with E-state index in [0.29, 0.717) is 13.0 Å². The van der Waals surface area contributed by atoms with E-state index in [0.717, 1.165) is 103 Å². The van der Waals surface area contributed by atoms with Gasteiger partial charge in [-0.05, 0) is 96.3 Å². The van der Waals surface area contributed by atoms with Crippen molar-refractivity contribution in [3.05, 3.63) is 97.2 Å². The van der Waals surface area contributed by atoms with Gasteiger partial charge in [0.05, 0.1) is 13.2 Å². The van der Waals surface area contributed by atoms with Crippen LogP contribution in [0.2, 0.25) is 0 Å². The molecule has 12 nitrogen and oxygen atoms in total. The summed E-state index contributed by atoms with van der Waals surface area (Å²) in [5.41, 5.74) is 0. The van der Waals surface area contributed by atoms with E-state index in [1.165, 1.54) is 38.5 Å². The van der Waals surface area contributed by atoms with Crippen molar-refractivity contribution < 1.29 is 58.3 Å². The Bertz CT molecular complexity index is 1450. The maximum Gasteiger partial charge on any atom is 0.472 e. The van der Waals surface area contributed by atoms with Crippen molar-refractivity contribution in [2.24, 2.45) is 0 Å². The summed E-state index contributed by atoms with van der Waals surface area (Å²) in [4.78, 5) is 23.2. The molecule has 378 valence electrons. The fourth-order valence-electron chi connectivity index (χ4n) is 6.98. The molecule has 0 aromatic heterocycles. The topological polar surface area (TPSA) is 192 Å². The molecule has 1 saturated carbocycles. The Balaban J connectivity index is 2.42. The van der Waals surface area contributed by atoms with Crippen LogP contribution in [0.5, 0.6) is 0 Å². The number of carbonyl (C=O) groups is 1. The molecule has 66 heavy (non-hydrogen) atoms. The largest absolute Gasteiger partial charge is 0.472 e. The van der Waals surface area contributed by atoms with Crippen LogP contribution in [0.25, 0.3) is 0 Å². The lowest BCUT2D eigenvalue weighted by atomic mass is 9.85. The van der Waals surface area contributed by atoms with Crippen molar-refractivity contribution >= 4 is 13.8 Å². The van der Waals surface area contributed by atoms with Crippen molar-refractivity contribution in [1.82, 2.24) is 0 Å². The lowest BCUT2D eigenvalue weighted by molar-refractivity contribution is -0.220. The highest BCUT2D eigenvalue weighted by Crippen LogP contribution is 2.47. The molecule has 1 rings (SSSR count). The van der Waals surface area contributed by atoms with Gasteiger partial charge in [-0.2, -0.15) is 0 Å². The molecule has 0 amide bonds. The molecule has 13 heteroatoms. The molecule has 6 unspecified atom stereocenters. The second kappa shape index (κ2) is 42.4. The van der Waals surface area contributed by atoms with Crippen LogP contribution in [0.1, 0.15) is 168 Å². The number of rotatable bonds is 41. The monoisotopic (exact) mass is 949 g/mol. The summed E-state index contributed by atoms with van der Waals surface area (Å²) in [6.07, 6.45) is 46.2. The van der Waals surface area contributed by atoms with Crippen molar-refractivity contribution in [3.8, 4) is 0 Å². The number of phosphoric ester groups is 1. The first-order chi connectivity index (χ1) is 32.0. The number of allylic oxidation sites excluding steroid dienone is 16. The second-order valence-electron chi connectivity index (χ2n) is 16.9. The summed E-state index contributed by atoms with van der Waals surface area (Å²) < 4.78 is 34.2. The van der Waals surface area contributed by atoms with Crippen LogP contribution >= 0.6 is 7.82 Å². The summed E-state index contributed by atoms with van der Waals surface area (Å²) in [7, 11) is -5.05. The fourth-order valence-corrected chi connectivity index (χ4v) is 7.95. The molecular formula is C53H89O12P. The van der Waals surface area contributed by atoms with Gasteiger partial charge in [-0.25, -0.2) is 4.57 Å². The number of phosphoric acid groups is 1. The first kappa shape index (κ1) is 61.3. The fraction of sp³-hybridized carbons (Fsp3) is 0.679. The number of hydrogen-bond acceptors (Lipinski definition) is 11. The number of unbranched alkanes of at least 4 members (excludes halogenated alkanes) is 13. The van der Waals surface area contributed by atoms with Gasteiger partial charge in [0, 0.05) is 13.0 Å². The van der Waals surface area contributed by atoms with Gasteiger partial charge in [0.2, 0.25) is 0 Å². The minimum Gasteiger partial charge on any atom is -0.457 e. The highest BCUT2D eigenvalue weighted by Gasteiger charge is 2.51. The number of aliphatic hydroxyl groups excluding tert-OH is 5. The standard InChI is InChI=1S/C53H89O12P/c1-3-5-7-9-11-13-15-17-19-21-23-24-25-26-28-30-32-34-36-38-40-42-47(54)64-46(45-63-66(60,61)65-53-51(58)49(56)48(55)50(57)52(53)59)44-62-43-41-39-37-35-33-31-29-27-22-20-18-16-14-12-10-8-6-4-2/h6,8,12,14-15,17-18,20-21,23,25-27,29,33,35,46,48-53,55-59H,3-5,7,9-11,13,16,19,22,24,28,30-32,34,36-45H2,1-2H3,(H,60,61)/b8-6-,14-12-,17-15-,20-18-,23-21-,26-25-,29-27-,35-33-. The van der Waals surface area contributed by atoms with E-state index in [9.17, 15) is 39.8 Å². The van der Waals surface area contributed by atoms with Gasteiger partial charge in [-0.1, -0.05) is 162 Å². The maximum absolute atomic E-state index is 12.8. The van der Waals surface area contributed by atoms with Gasteiger partial charge in [0.25, 0.3) is 0 Å². The minimum absolute atomic E-state index is 0.118. The summed E-state index contributed by atoms with van der Waals surface area (Å²) in [5.74, 6) is -0.509. The van der Waals surface area contributed by atoms with E-state index in [1.807, 2.05) is 0 Å². The lowest BCUT2D eigenvalue weighted by Crippen LogP contribution is -2.64. The third-order valence-electron chi connectivity index (χ3n) is 10.9. The van der Waals surface area contributed by atoms with Crippen LogP contribution in [0.4, 0.5) is 0 Å². The van der Waals surface area contributed by atoms with Gasteiger partial charge >= 0.3 is 13.8 Å². The van der Waals surface area contributed by atoms with Crippen LogP contribution in [0, 0.1) is 0 Å². The van der Waals surface area contributed by atoms with Crippen molar-refractivity contribution in [1.29, 1.82) is 0 Å². The van der Waals surface area contributed by atoms with Gasteiger partial charge in [0.15, 0.2) is 0 Å². The molecule has 0 saturated heterocycles. The molecular weight excluding hydrogens is 860 g/mol. The Hall–Kier alpha value is -2.74. The Morgan fingerprint density at radius 1 is 0.500 bits per heavy atom. The molecule has 0 heterocycles. The van der Waals surface area contributed by atoms with Crippen LogP contribution in [0.3, 0.4) is 0 Å². The second-order valence-corrected chi connectivity index (χ2v) is 18.3. The van der Waals surface area contributed by atoms with E-state index < -0.39 is 63.1 Å². The predicted octanol–water partition coefficient (Wildman–Crippen LogP) is 11.1. The van der Waals surface area contributed by atoms with Crippen molar-refractivity contribution in [3.63, 3.8) is 0 Å². The quantitative estimate of drug-likeness (QED) is 0.0147. The third-order valence-corrected chi connectivity index (χ3v) is 11.9. The van der Waals surface area contributed by atoms with Gasteiger partial charge in [-0.3, -0.25) is 13.8 Å². The number of aliphatic hydroxyl groups is 5. The van der Waals surface area contributed by atoms with Gasteiger partial charge in [-0.15, -0.1) is 0 Å². The lowest BCUT2D eigenvalue weighted by Gasteiger charge is -2.41. The molecule has 0 spiro atoms. The molecule has 6 N–H and O–H groups in total. The molecule has 1 fully saturated rings. The maximum atomic E-state index is 12.8. The Kier molecular flexibility index (Phi) is 39.3. The number of esters is 1. The number of ether oxygens (including phenoxy) is 2. The predicted molar refractivity (Wildman–Crippen MR) is 267 cm³/mol. The average Bonchev–Trinajstić information content (AvgIpc) is 3.30. The first-order valence-corrected chi connectivity index (χ1v) is 26.6. The molecule has 0 radical (unpaired) electrons. The average molecular weight is 949 g/mol. The number of carbonyl (C=O) groups excluding carboxylic acids is 1. The summed E-state index contributed by atoms with van der Waals surface area (Å²) >= 11 is 0. The smallest absolute Gasteiger partial charge is 0.457 e. The van der Waals surface area contributed by atoms with E-state index >= 15 is 0 Å². The first-order valence-electron chi connectivity index (χ1n) is 25.1. The Labute approximate surface area is 398 Å². The molecule has 1 aliphatic carbocycles. The molecule has 0 aromatic carbocycles. The van der Waals surface area contributed by atoms with Crippen LogP contribution < -0.4 is 0 Å². The number of hydrogen-bond donors (Lipinski definition) is 6. The highest BCUT2D eigenvalue weighted by atomic mass is 31.2. The van der Waals surface area contributed by atoms with Crippen molar-refractivity contribution in [2.75, 3.05) is 19.8 Å². The van der Waals surface area contributed by atoms with Gasteiger partial charge in [0.1, 0.15) is 42.7 Å². The van der Waals surface area contributed by atoms with E-state index in [1.54, 1.807) is 0 Å². The molecule has 0 aliphatic heterocycles. The Morgan fingerprint density at radius 2 is 0.894 bits per heavy atom. The SMILES string of the molecule is CC/C=C\C/C=C\C/C=C\C/C=C\C/C=C\CCCCOCC(COP(=O)(O)OC1C(O)C(O)C(O)C(O)C1O)OC(=O)CCCCCCCC/C=C\C/C=C\C/C=C\CCCCCCC. The van der Waals surface area contributed by atoms with Gasteiger partial charge < -0.3 is 39.9 Å². The summed E-state index contributed by atoms with van der Waals surface area (Å²) in [6, 6.07) is 0. The summed E-state index contributed by atoms with van der Waals surface area (Å²) in [6.45, 7) is 4.01. The summed E-state index contributed by atoms with van der Waals surface area (Å²) in [5, 5.41) is 50.3. The van der Waals surface area contributed by atoms with Crippen molar-refractivity contribution in [2.45, 2.75) is 211 Å². The Morgan fingerprint density at radius 3 is 1.36 bits per heavy atom. The molecule has 0 aromatic rings.